The molecule has 1 aliphatic rings. The van der Waals surface area contributed by atoms with E-state index in [0.29, 0.717) is 17.6 Å². The monoisotopic (exact) mass is 241 g/mol. The highest BCUT2D eigenvalue weighted by Crippen LogP contribution is 2.27. The van der Waals surface area contributed by atoms with Crippen LogP contribution >= 0.6 is 0 Å². The fraction of sp³-hybridized carbons (Fsp3) is 1.00. The largest absolute Gasteiger partial charge is 0.378 e. The molecule has 0 unspecified atom stereocenters. The molecule has 0 aliphatic heterocycles. The Hall–Kier alpha value is -0.0800. The fourth-order valence-corrected chi connectivity index (χ4v) is 2.47. The molecule has 2 nitrogen and oxygen atoms in total. The molecule has 0 atom stereocenters. The summed E-state index contributed by atoms with van der Waals surface area (Å²) in [6, 6.07) is 0.706. The summed E-state index contributed by atoms with van der Waals surface area (Å²) in [6.45, 7) is 11.1. The van der Waals surface area contributed by atoms with Crippen LogP contribution in [0.1, 0.15) is 66.2 Å². The standard InChI is InChI=1S/C15H31NO/c1-5-7-8-9-15(3,4)12-16-13-10-14(11-13)17-6-2/h13-14,16H,5-12H2,1-4H3. The Bertz CT molecular complexity index is 197. The van der Waals surface area contributed by atoms with E-state index in [1.54, 1.807) is 0 Å². The van der Waals surface area contributed by atoms with Crippen LogP contribution in [0.15, 0.2) is 0 Å². The van der Waals surface area contributed by atoms with Crippen molar-refractivity contribution in [2.45, 2.75) is 78.4 Å². The number of rotatable bonds is 9. The molecule has 1 aliphatic carbocycles. The van der Waals surface area contributed by atoms with Crippen molar-refractivity contribution in [2.24, 2.45) is 5.41 Å². The van der Waals surface area contributed by atoms with Gasteiger partial charge in [-0.2, -0.15) is 0 Å². The van der Waals surface area contributed by atoms with E-state index < -0.39 is 0 Å². The maximum atomic E-state index is 5.58. The Morgan fingerprint density at radius 2 is 1.88 bits per heavy atom. The summed E-state index contributed by atoms with van der Waals surface area (Å²) in [6.07, 6.45) is 8.35. The first kappa shape index (κ1) is 15.0. The van der Waals surface area contributed by atoms with E-state index in [4.69, 9.17) is 4.74 Å². The Labute approximate surface area is 108 Å². The summed E-state index contributed by atoms with van der Waals surface area (Å²) in [4.78, 5) is 0. The summed E-state index contributed by atoms with van der Waals surface area (Å²) in [5.41, 5.74) is 0.450. The molecule has 0 heterocycles. The zero-order chi connectivity index (χ0) is 12.7. The molecule has 0 amide bonds. The van der Waals surface area contributed by atoms with E-state index in [2.05, 4.69) is 33.0 Å². The van der Waals surface area contributed by atoms with Gasteiger partial charge in [-0.3, -0.25) is 0 Å². The van der Waals surface area contributed by atoms with Gasteiger partial charge in [-0.15, -0.1) is 0 Å². The first-order valence-electron chi connectivity index (χ1n) is 7.42. The van der Waals surface area contributed by atoms with Crippen molar-refractivity contribution in [1.29, 1.82) is 0 Å². The second-order valence-electron chi connectivity index (χ2n) is 6.25. The molecule has 1 fully saturated rings. The maximum Gasteiger partial charge on any atom is 0.0604 e. The molecule has 1 rings (SSSR count). The van der Waals surface area contributed by atoms with Crippen molar-refractivity contribution in [1.82, 2.24) is 5.32 Å². The van der Waals surface area contributed by atoms with Crippen LogP contribution in [0.5, 0.6) is 0 Å². The lowest BCUT2D eigenvalue weighted by atomic mass is 9.84. The van der Waals surface area contributed by atoms with Gasteiger partial charge in [-0.05, 0) is 31.6 Å². The van der Waals surface area contributed by atoms with Crippen molar-refractivity contribution in [3.05, 3.63) is 0 Å². The molecular weight excluding hydrogens is 210 g/mol. The van der Waals surface area contributed by atoms with Gasteiger partial charge >= 0.3 is 0 Å². The normalized spacial score (nSPS) is 24.7. The summed E-state index contributed by atoms with van der Waals surface area (Å²) < 4.78 is 5.58. The number of hydrogen-bond acceptors (Lipinski definition) is 2. The van der Waals surface area contributed by atoms with Gasteiger partial charge in [-0.25, -0.2) is 0 Å². The Morgan fingerprint density at radius 3 is 2.47 bits per heavy atom. The van der Waals surface area contributed by atoms with Crippen molar-refractivity contribution in [2.75, 3.05) is 13.2 Å². The van der Waals surface area contributed by atoms with E-state index in [9.17, 15) is 0 Å². The average Bonchev–Trinajstić information content (AvgIpc) is 2.21. The van der Waals surface area contributed by atoms with Gasteiger partial charge in [0, 0.05) is 19.2 Å². The summed E-state index contributed by atoms with van der Waals surface area (Å²) in [5, 5.41) is 3.69. The van der Waals surface area contributed by atoms with Crippen molar-refractivity contribution in [3.63, 3.8) is 0 Å². The Morgan fingerprint density at radius 1 is 1.18 bits per heavy atom. The molecule has 0 aromatic heterocycles. The zero-order valence-corrected chi connectivity index (χ0v) is 12.2. The number of ether oxygens (including phenoxy) is 1. The van der Waals surface area contributed by atoms with E-state index in [1.165, 1.54) is 38.5 Å². The Kier molecular flexibility index (Phi) is 6.50. The minimum absolute atomic E-state index is 0.450. The highest BCUT2D eigenvalue weighted by atomic mass is 16.5. The minimum atomic E-state index is 0.450. The second kappa shape index (κ2) is 7.38. The number of hydrogen-bond donors (Lipinski definition) is 1. The first-order valence-corrected chi connectivity index (χ1v) is 7.42. The van der Waals surface area contributed by atoms with Crippen molar-refractivity contribution >= 4 is 0 Å². The summed E-state index contributed by atoms with van der Waals surface area (Å²) >= 11 is 0. The molecule has 0 saturated heterocycles. The van der Waals surface area contributed by atoms with Gasteiger partial charge in [0.15, 0.2) is 0 Å². The highest BCUT2D eigenvalue weighted by molar-refractivity contribution is 4.87. The third kappa shape index (κ3) is 5.87. The van der Waals surface area contributed by atoms with E-state index in [1.807, 2.05) is 0 Å². The van der Waals surface area contributed by atoms with Crippen LogP contribution in [0.25, 0.3) is 0 Å². The van der Waals surface area contributed by atoms with Gasteiger partial charge in [0.05, 0.1) is 6.10 Å². The smallest absolute Gasteiger partial charge is 0.0604 e. The lowest BCUT2D eigenvalue weighted by Crippen LogP contribution is -2.48. The molecule has 17 heavy (non-hydrogen) atoms. The second-order valence-corrected chi connectivity index (χ2v) is 6.25. The van der Waals surface area contributed by atoms with Crippen LogP contribution in [-0.4, -0.2) is 25.3 Å². The van der Waals surface area contributed by atoms with Gasteiger partial charge in [0.2, 0.25) is 0 Å². The summed E-state index contributed by atoms with van der Waals surface area (Å²) in [5.74, 6) is 0. The molecule has 1 saturated carbocycles. The van der Waals surface area contributed by atoms with Crippen LogP contribution < -0.4 is 5.32 Å². The van der Waals surface area contributed by atoms with Crippen LogP contribution in [0.3, 0.4) is 0 Å². The molecule has 0 bridgehead atoms. The first-order chi connectivity index (χ1) is 8.07. The average molecular weight is 241 g/mol. The lowest BCUT2D eigenvalue weighted by Gasteiger charge is -2.38. The molecule has 102 valence electrons. The van der Waals surface area contributed by atoms with Crippen LogP contribution in [0.4, 0.5) is 0 Å². The topological polar surface area (TPSA) is 21.3 Å². The van der Waals surface area contributed by atoms with Gasteiger partial charge in [0.25, 0.3) is 0 Å². The third-order valence-electron chi connectivity index (χ3n) is 3.82. The van der Waals surface area contributed by atoms with E-state index in [0.717, 1.165) is 13.2 Å². The molecule has 0 aromatic carbocycles. The SMILES string of the molecule is CCCCCC(C)(C)CNC1CC(OCC)C1. The number of nitrogens with one attached hydrogen (secondary N) is 1. The van der Waals surface area contributed by atoms with Gasteiger partial charge in [0.1, 0.15) is 0 Å². The van der Waals surface area contributed by atoms with Crippen LogP contribution in [0, 0.1) is 5.41 Å². The molecule has 2 heteroatoms. The summed E-state index contributed by atoms with van der Waals surface area (Å²) in [7, 11) is 0. The predicted molar refractivity (Wildman–Crippen MR) is 74.4 cm³/mol. The van der Waals surface area contributed by atoms with Crippen molar-refractivity contribution in [3.8, 4) is 0 Å². The molecular formula is C15H31NO. The van der Waals surface area contributed by atoms with Gasteiger partial charge in [-0.1, -0.05) is 40.0 Å². The molecule has 0 spiro atoms. The predicted octanol–water partition coefficient (Wildman–Crippen LogP) is 3.75. The quantitative estimate of drug-likeness (QED) is 0.621. The zero-order valence-electron chi connectivity index (χ0n) is 12.2. The third-order valence-corrected chi connectivity index (χ3v) is 3.82. The molecule has 0 radical (unpaired) electrons. The van der Waals surface area contributed by atoms with E-state index >= 15 is 0 Å². The Balaban J connectivity index is 2.05. The van der Waals surface area contributed by atoms with Crippen molar-refractivity contribution < 1.29 is 4.74 Å². The van der Waals surface area contributed by atoms with Gasteiger partial charge < -0.3 is 10.1 Å². The maximum absolute atomic E-state index is 5.58. The highest BCUT2D eigenvalue weighted by Gasteiger charge is 2.30. The van der Waals surface area contributed by atoms with Crippen LogP contribution in [0.2, 0.25) is 0 Å². The lowest BCUT2D eigenvalue weighted by molar-refractivity contribution is -0.0118. The fourth-order valence-electron chi connectivity index (χ4n) is 2.47. The number of unbranched alkanes of at least 4 members (excludes halogenated alkanes) is 2. The van der Waals surface area contributed by atoms with E-state index in [-0.39, 0.29) is 0 Å². The molecule has 0 aromatic rings. The molecule has 1 N–H and O–H groups in total. The minimum Gasteiger partial charge on any atom is -0.378 e. The van der Waals surface area contributed by atoms with Crippen LogP contribution in [-0.2, 0) is 4.74 Å².